The first-order valence-corrected chi connectivity index (χ1v) is 3.60. The van der Waals surface area contributed by atoms with Crippen LogP contribution in [-0.2, 0) is 0 Å². The summed E-state index contributed by atoms with van der Waals surface area (Å²) in [4.78, 5) is 0. The molecule has 10 heavy (non-hydrogen) atoms. The molecule has 0 aromatic carbocycles. The van der Waals surface area contributed by atoms with Gasteiger partial charge in [0.15, 0.2) is 0 Å². The van der Waals surface area contributed by atoms with Crippen LogP contribution < -0.4 is 5.32 Å². The van der Waals surface area contributed by atoms with E-state index in [2.05, 4.69) is 12.2 Å². The topological polar surface area (TPSA) is 52.5 Å². The van der Waals surface area contributed by atoms with Crippen molar-refractivity contribution in [3.63, 3.8) is 0 Å². The molecule has 0 rings (SSSR count). The number of aliphatic hydroxyl groups is 2. The fourth-order valence-corrected chi connectivity index (χ4v) is 0.630. The Labute approximate surface area is 62.1 Å². The zero-order valence-electron chi connectivity index (χ0n) is 6.21. The maximum absolute atomic E-state index is 8.69. The zero-order valence-corrected chi connectivity index (χ0v) is 6.21. The molecular weight excluding hydrogens is 130 g/mol. The first-order valence-electron chi connectivity index (χ1n) is 3.60. The number of unbranched alkanes of at least 4 members (excludes halogenated alkanes) is 1. The van der Waals surface area contributed by atoms with Crippen molar-refractivity contribution in [2.45, 2.75) is 18.9 Å². The minimum Gasteiger partial charge on any atom is -0.396 e. The Morgan fingerprint density at radius 3 is 2.60 bits per heavy atom. The third kappa shape index (κ3) is 7.88. The number of rotatable bonds is 6. The van der Waals surface area contributed by atoms with Crippen LogP contribution in [0.15, 0.2) is 0 Å². The molecule has 3 nitrogen and oxygen atoms in total. The quantitative estimate of drug-likeness (QED) is 0.445. The highest BCUT2D eigenvalue weighted by Gasteiger charge is 1.92. The van der Waals surface area contributed by atoms with Crippen LogP contribution in [0, 0.1) is 6.92 Å². The van der Waals surface area contributed by atoms with Gasteiger partial charge in [0, 0.05) is 13.2 Å². The van der Waals surface area contributed by atoms with Gasteiger partial charge in [-0.15, -0.1) is 0 Å². The van der Waals surface area contributed by atoms with Crippen molar-refractivity contribution in [3.8, 4) is 0 Å². The number of hydrogen-bond donors (Lipinski definition) is 3. The van der Waals surface area contributed by atoms with Gasteiger partial charge in [-0.2, -0.15) is 0 Å². The Bertz CT molecular complexity index is 66.6. The molecule has 0 bridgehead atoms. The van der Waals surface area contributed by atoms with Gasteiger partial charge in [-0.05, 0) is 26.3 Å². The molecular formula is C7H16NO2. The summed E-state index contributed by atoms with van der Waals surface area (Å²) < 4.78 is 0. The Morgan fingerprint density at radius 1 is 1.40 bits per heavy atom. The highest BCUT2D eigenvalue weighted by atomic mass is 16.3. The van der Waals surface area contributed by atoms with Gasteiger partial charge in [-0.25, -0.2) is 0 Å². The molecule has 1 unspecified atom stereocenters. The van der Waals surface area contributed by atoms with Gasteiger partial charge in [0.1, 0.15) is 0 Å². The standard InChI is InChI=1S/C7H16NO2/c1-7(10)6-8-4-2-3-5-9/h7-10H,1-6H2. The Balaban J connectivity index is 2.77. The van der Waals surface area contributed by atoms with E-state index < -0.39 is 6.10 Å². The third-order valence-corrected chi connectivity index (χ3v) is 1.14. The predicted octanol–water partition coefficient (Wildman–Crippen LogP) is -0.457. The average molecular weight is 146 g/mol. The van der Waals surface area contributed by atoms with Gasteiger partial charge in [-0.3, -0.25) is 0 Å². The Hall–Kier alpha value is -0.120. The summed E-state index contributed by atoms with van der Waals surface area (Å²) in [5.74, 6) is 0. The van der Waals surface area contributed by atoms with Gasteiger partial charge in [0.05, 0.1) is 6.10 Å². The van der Waals surface area contributed by atoms with Crippen LogP contribution in [0.25, 0.3) is 0 Å². The van der Waals surface area contributed by atoms with Crippen LogP contribution in [0.1, 0.15) is 12.8 Å². The van der Waals surface area contributed by atoms with Crippen LogP contribution in [0.5, 0.6) is 0 Å². The molecule has 0 saturated carbocycles. The number of aliphatic hydroxyl groups excluding tert-OH is 2. The summed E-state index contributed by atoms with van der Waals surface area (Å²) in [6.45, 7) is 5.02. The van der Waals surface area contributed by atoms with E-state index in [9.17, 15) is 0 Å². The molecule has 3 heteroatoms. The fraction of sp³-hybridized carbons (Fsp3) is 0.857. The van der Waals surface area contributed by atoms with E-state index in [1.54, 1.807) is 0 Å². The lowest BCUT2D eigenvalue weighted by Crippen LogP contribution is -2.25. The molecule has 0 aliphatic carbocycles. The summed E-state index contributed by atoms with van der Waals surface area (Å²) in [7, 11) is 0. The maximum Gasteiger partial charge on any atom is 0.0665 e. The Morgan fingerprint density at radius 2 is 2.10 bits per heavy atom. The lowest BCUT2D eigenvalue weighted by molar-refractivity contribution is 0.215. The fourth-order valence-electron chi connectivity index (χ4n) is 0.630. The highest BCUT2D eigenvalue weighted by molar-refractivity contribution is 4.59. The summed E-state index contributed by atoms with van der Waals surface area (Å²) in [5.41, 5.74) is 0. The van der Waals surface area contributed by atoms with Crippen molar-refractivity contribution in [1.29, 1.82) is 0 Å². The molecule has 0 fully saturated rings. The van der Waals surface area contributed by atoms with E-state index in [1.165, 1.54) is 0 Å². The molecule has 0 aliphatic rings. The van der Waals surface area contributed by atoms with Crippen LogP contribution >= 0.6 is 0 Å². The first kappa shape index (κ1) is 9.88. The van der Waals surface area contributed by atoms with Crippen LogP contribution in [0.3, 0.4) is 0 Å². The van der Waals surface area contributed by atoms with Crippen molar-refractivity contribution in [2.75, 3.05) is 19.7 Å². The van der Waals surface area contributed by atoms with E-state index in [0.29, 0.717) is 6.54 Å². The SMILES string of the molecule is [CH2]C(O)CNCCCCO. The highest BCUT2D eigenvalue weighted by Crippen LogP contribution is 1.83. The summed E-state index contributed by atoms with van der Waals surface area (Å²) in [6.07, 6.45) is 1.25. The lowest BCUT2D eigenvalue weighted by Gasteiger charge is -2.04. The summed E-state index contributed by atoms with van der Waals surface area (Å²) in [6, 6.07) is 0. The minimum atomic E-state index is -0.519. The molecule has 3 N–H and O–H groups in total. The molecule has 0 aromatic rings. The van der Waals surface area contributed by atoms with E-state index in [-0.39, 0.29) is 6.61 Å². The normalized spacial score (nSPS) is 13.5. The molecule has 61 valence electrons. The molecule has 0 aromatic heterocycles. The van der Waals surface area contributed by atoms with E-state index in [1.807, 2.05) is 0 Å². The van der Waals surface area contributed by atoms with Crippen LogP contribution in [0.2, 0.25) is 0 Å². The lowest BCUT2D eigenvalue weighted by atomic mass is 10.3. The smallest absolute Gasteiger partial charge is 0.0665 e. The van der Waals surface area contributed by atoms with E-state index >= 15 is 0 Å². The van der Waals surface area contributed by atoms with Crippen LogP contribution in [-0.4, -0.2) is 36.0 Å². The first-order chi connectivity index (χ1) is 4.77. The Kier molecular flexibility index (Phi) is 6.91. The molecule has 0 heterocycles. The second-order valence-corrected chi connectivity index (χ2v) is 2.29. The monoisotopic (exact) mass is 146 g/mol. The summed E-state index contributed by atoms with van der Waals surface area (Å²) >= 11 is 0. The third-order valence-electron chi connectivity index (χ3n) is 1.14. The van der Waals surface area contributed by atoms with Gasteiger partial charge in [-0.1, -0.05) is 0 Å². The van der Waals surface area contributed by atoms with Crippen molar-refractivity contribution < 1.29 is 10.2 Å². The van der Waals surface area contributed by atoms with Crippen molar-refractivity contribution >= 4 is 0 Å². The minimum absolute atomic E-state index is 0.245. The number of hydrogen-bond acceptors (Lipinski definition) is 3. The van der Waals surface area contributed by atoms with Crippen molar-refractivity contribution in [3.05, 3.63) is 6.92 Å². The van der Waals surface area contributed by atoms with Gasteiger partial charge >= 0.3 is 0 Å². The van der Waals surface area contributed by atoms with Crippen molar-refractivity contribution in [1.82, 2.24) is 5.32 Å². The second-order valence-electron chi connectivity index (χ2n) is 2.29. The molecule has 0 aliphatic heterocycles. The van der Waals surface area contributed by atoms with Gasteiger partial charge in [0.25, 0.3) is 0 Å². The average Bonchev–Trinajstić information content (AvgIpc) is 1.87. The maximum atomic E-state index is 8.69. The second kappa shape index (κ2) is 6.99. The number of nitrogens with one attached hydrogen (secondary N) is 1. The van der Waals surface area contributed by atoms with Gasteiger partial charge in [0.2, 0.25) is 0 Å². The predicted molar refractivity (Wildman–Crippen MR) is 40.6 cm³/mol. The summed E-state index contributed by atoms with van der Waals surface area (Å²) in [5, 5.41) is 20.1. The molecule has 0 saturated heterocycles. The van der Waals surface area contributed by atoms with Gasteiger partial charge < -0.3 is 15.5 Å². The largest absolute Gasteiger partial charge is 0.396 e. The molecule has 0 spiro atoms. The molecule has 1 atom stereocenters. The van der Waals surface area contributed by atoms with E-state index in [0.717, 1.165) is 19.4 Å². The molecule has 0 amide bonds. The zero-order chi connectivity index (χ0) is 7.82. The molecule has 1 radical (unpaired) electrons. The van der Waals surface area contributed by atoms with Crippen molar-refractivity contribution in [2.24, 2.45) is 0 Å². The van der Waals surface area contributed by atoms with E-state index in [4.69, 9.17) is 10.2 Å². The van der Waals surface area contributed by atoms with Crippen LogP contribution in [0.4, 0.5) is 0 Å².